The van der Waals surface area contributed by atoms with Crippen LogP contribution in [0.2, 0.25) is 0 Å². The smallest absolute Gasteiger partial charge is 0.303 e. The van der Waals surface area contributed by atoms with E-state index in [0.29, 0.717) is 0 Å². The van der Waals surface area contributed by atoms with Crippen molar-refractivity contribution >= 4 is 28.6 Å². The maximum absolute atomic E-state index is 10.6. The zero-order valence-electron chi connectivity index (χ0n) is 11.6. The molecule has 4 heteroatoms. The van der Waals surface area contributed by atoms with Gasteiger partial charge in [0, 0.05) is 16.5 Å². The highest BCUT2D eigenvalue weighted by Crippen LogP contribution is 2.26. The van der Waals surface area contributed by atoms with Crippen LogP contribution in [0.5, 0.6) is 0 Å². The predicted octanol–water partition coefficient (Wildman–Crippen LogP) is 3.66. The third-order valence-corrected chi connectivity index (χ3v) is 3.96. The Morgan fingerprint density at radius 3 is 2.47 bits per heavy atom. The lowest BCUT2D eigenvalue weighted by molar-refractivity contribution is -0.137. The third-order valence-electron chi connectivity index (χ3n) is 3.24. The standard InChI is InChI=1S/C15H22INO2/c1-15(2,8-7-14(18)19)9-10-17-11-12-3-5-13(16)6-4-12/h3-6,17H,7-11H2,1-2H3,(H,18,19). The first kappa shape index (κ1) is 16.4. The minimum Gasteiger partial charge on any atom is -0.481 e. The predicted molar refractivity (Wildman–Crippen MR) is 86.1 cm³/mol. The highest BCUT2D eigenvalue weighted by molar-refractivity contribution is 14.1. The van der Waals surface area contributed by atoms with Crippen LogP contribution in [0.25, 0.3) is 0 Å². The molecule has 1 aromatic carbocycles. The van der Waals surface area contributed by atoms with Crippen molar-refractivity contribution in [1.29, 1.82) is 0 Å². The summed E-state index contributed by atoms with van der Waals surface area (Å²) in [4.78, 5) is 10.6. The van der Waals surface area contributed by atoms with Gasteiger partial charge in [-0.2, -0.15) is 0 Å². The molecule has 0 saturated carbocycles. The lowest BCUT2D eigenvalue weighted by Gasteiger charge is -2.23. The number of aliphatic carboxylic acids is 1. The molecule has 0 radical (unpaired) electrons. The summed E-state index contributed by atoms with van der Waals surface area (Å²) in [7, 11) is 0. The van der Waals surface area contributed by atoms with Crippen molar-refractivity contribution in [1.82, 2.24) is 5.32 Å². The van der Waals surface area contributed by atoms with E-state index in [-0.39, 0.29) is 11.8 Å². The van der Waals surface area contributed by atoms with Crippen molar-refractivity contribution in [3.05, 3.63) is 33.4 Å². The highest BCUT2D eigenvalue weighted by atomic mass is 127. The van der Waals surface area contributed by atoms with Gasteiger partial charge in [0.15, 0.2) is 0 Å². The van der Waals surface area contributed by atoms with E-state index in [4.69, 9.17) is 5.11 Å². The molecular weight excluding hydrogens is 353 g/mol. The van der Waals surface area contributed by atoms with Gasteiger partial charge >= 0.3 is 5.97 Å². The molecule has 2 N–H and O–H groups in total. The van der Waals surface area contributed by atoms with Crippen molar-refractivity contribution < 1.29 is 9.90 Å². The number of rotatable bonds is 8. The van der Waals surface area contributed by atoms with Crippen LogP contribution in [0.3, 0.4) is 0 Å². The molecule has 0 heterocycles. The number of carbonyl (C=O) groups is 1. The molecule has 19 heavy (non-hydrogen) atoms. The van der Waals surface area contributed by atoms with E-state index < -0.39 is 5.97 Å². The molecule has 106 valence electrons. The van der Waals surface area contributed by atoms with Gasteiger partial charge in [-0.05, 0) is 65.1 Å². The van der Waals surface area contributed by atoms with Crippen LogP contribution in [0.4, 0.5) is 0 Å². The quantitative estimate of drug-likeness (QED) is 0.539. The van der Waals surface area contributed by atoms with Crippen LogP contribution in [0.1, 0.15) is 38.7 Å². The van der Waals surface area contributed by atoms with Crippen LogP contribution >= 0.6 is 22.6 Å². The maximum atomic E-state index is 10.6. The zero-order valence-corrected chi connectivity index (χ0v) is 13.7. The van der Waals surface area contributed by atoms with Gasteiger partial charge in [0.2, 0.25) is 0 Å². The molecule has 0 bridgehead atoms. The van der Waals surface area contributed by atoms with Crippen LogP contribution in [-0.2, 0) is 11.3 Å². The van der Waals surface area contributed by atoms with Crippen molar-refractivity contribution in [3.8, 4) is 0 Å². The summed E-state index contributed by atoms with van der Waals surface area (Å²) in [5, 5.41) is 12.1. The molecular formula is C15H22INO2. The first-order valence-electron chi connectivity index (χ1n) is 6.56. The Morgan fingerprint density at radius 2 is 1.89 bits per heavy atom. The van der Waals surface area contributed by atoms with Gasteiger partial charge in [-0.3, -0.25) is 4.79 Å². The van der Waals surface area contributed by atoms with Crippen LogP contribution < -0.4 is 5.32 Å². The van der Waals surface area contributed by atoms with Crippen LogP contribution in [0, 0.1) is 8.99 Å². The summed E-state index contributed by atoms with van der Waals surface area (Å²) in [5.41, 5.74) is 1.36. The van der Waals surface area contributed by atoms with E-state index >= 15 is 0 Å². The Kier molecular flexibility index (Phi) is 6.79. The lowest BCUT2D eigenvalue weighted by atomic mass is 9.84. The highest BCUT2D eigenvalue weighted by Gasteiger charge is 2.18. The number of hydrogen-bond acceptors (Lipinski definition) is 2. The molecule has 0 saturated heterocycles. The molecule has 0 spiro atoms. The van der Waals surface area contributed by atoms with Crippen molar-refractivity contribution in [2.45, 2.75) is 39.7 Å². The second-order valence-electron chi connectivity index (χ2n) is 5.61. The van der Waals surface area contributed by atoms with Gasteiger partial charge in [0.25, 0.3) is 0 Å². The molecule has 1 rings (SSSR count). The zero-order chi connectivity index (χ0) is 14.3. The Labute approximate surface area is 128 Å². The first-order valence-corrected chi connectivity index (χ1v) is 7.64. The molecule has 1 aromatic rings. The fourth-order valence-corrected chi connectivity index (χ4v) is 2.19. The monoisotopic (exact) mass is 375 g/mol. The topological polar surface area (TPSA) is 49.3 Å². The number of hydrogen-bond donors (Lipinski definition) is 2. The van der Waals surface area contributed by atoms with Gasteiger partial charge < -0.3 is 10.4 Å². The summed E-state index contributed by atoms with van der Waals surface area (Å²) in [5.74, 6) is -0.708. The third kappa shape index (κ3) is 7.52. The summed E-state index contributed by atoms with van der Waals surface area (Å²) >= 11 is 2.30. The Bertz CT molecular complexity index is 401. The Morgan fingerprint density at radius 1 is 1.26 bits per heavy atom. The summed E-state index contributed by atoms with van der Waals surface area (Å²) in [6.07, 6.45) is 1.97. The molecule has 3 nitrogen and oxygen atoms in total. The summed E-state index contributed by atoms with van der Waals surface area (Å²) in [6.45, 7) is 6.04. The van der Waals surface area contributed by atoms with Gasteiger partial charge in [-0.25, -0.2) is 0 Å². The average molecular weight is 375 g/mol. The van der Waals surface area contributed by atoms with E-state index in [1.54, 1.807) is 0 Å². The fourth-order valence-electron chi connectivity index (χ4n) is 1.83. The number of carboxylic acids is 1. The van der Waals surface area contributed by atoms with Crippen LogP contribution in [-0.4, -0.2) is 17.6 Å². The number of nitrogens with one attached hydrogen (secondary N) is 1. The maximum Gasteiger partial charge on any atom is 0.303 e. The number of benzene rings is 1. The Balaban J connectivity index is 2.22. The van der Waals surface area contributed by atoms with E-state index in [2.05, 4.69) is 66.0 Å². The van der Waals surface area contributed by atoms with E-state index in [0.717, 1.165) is 25.9 Å². The van der Waals surface area contributed by atoms with Gasteiger partial charge in [-0.15, -0.1) is 0 Å². The number of carboxylic acid groups (broad SMARTS) is 1. The summed E-state index contributed by atoms with van der Waals surface area (Å²) < 4.78 is 1.25. The number of halogens is 1. The van der Waals surface area contributed by atoms with E-state index in [1.165, 1.54) is 9.13 Å². The van der Waals surface area contributed by atoms with Gasteiger partial charge in [-0.1, -0.05) is 26.0 Å². The largest absolute Gasteiger partial charge is 0.481 e. The molecule has 0 aromatic heterocycles. The molecule has 0 aliphatic carbocycles. The lowest BCUT2D eigenvalue weighted by Crippen LogP contribution is -2.23. The molecule has 0 fully saturated rings. The summed E-state index contributed by atoms with van der Waals surface area (Å²) in [6, 6.07) is 8.47. The SMILES string of the molecule is CC(C)(CCNCc1ccc(I)cc1)CCC(=O)O. The van der Waals surface area contributed by atoms with Crippen molar-refractivity contribution in [3.63, 3.8) is 0 Å². The normalized spacial score (nSPS) is 11.5. The second kappa shape index (κ2) is 7.85. The molecule has 0 atom stereocenters. The van der Waals surface area contributed by atoms with Gasteiger partial charge in [0.1, 0.15) is 0 Å². The minimum absolute atomic E-state index is 0.0808. The van der Waals surface area contributed by atoms with E-state index in [1.807, 2.05) is 0 Å². The first-order chi connectivity index (χ1) is 8.89. The minimum atomic E-state index is -0.708. The molecule has 0 aliphatic heterocycles. The fraction of sp³-hybridized carbons (Fsp3) is 0.533. The molecule has 0 unspecified atom stereocenters. The van der Waals surface area contributed by atoms with E-state index in [9.17, 15) is 4.79 Å². The van der Waals surface area contributed by atoms with Crippen molar-refractivity contribution in [2.24, 2.45) is 5.41 Å². The average Bonchev–Trinajstić information content (AvgIpc) is 2.35. The van der Waals surface area contributed by atoms with Crippen molar-refractivity contribution in [2.75, 3.05) is 6.54 Å². The Hall–Kier alpha value is -0.620. The second-order valence-corrected chi connectivity index (χ2v) is 6.86. The van der Waals surface area contributed by atoms with Crippen LogP contribution in [0.15, 0.2) is 24.3 Å². The van der Waals surface area contributed by atoms with Gasteiger partial charge in [0.05, 0.1) is 0 Å². The molecule has 0 amide bonds. The molecule has 0 aliphatic rings.